The smallest absolute Gasteiger partial charge is 0.240 e. The predicted molar refractivity (Wildman–Crippen MR) is 110 cm³/mol. The molecule has 0 saturated carbocycles. The van der Waals surface area contributed by atoms with Crippen molar-refractivity contribution in [3.63, 3.8) is 0 Å². The Kier molecular flexibility index (Phi) is 7.07. The van der Waals surface area contributed by atoms with Gasteiger partial charge in [-0.3, -0.25) is 9.69 Å². The lowest BCUT2D eigenvalue weighted by molar-refractivity contribution is -0.132. The molecule has 1 saturated heterocycles. The minimum Gasteiger partial charge on any atom is -0.340 e. The van der Waals surface area contributed by atoms with E-state index in [9.17, 15) is 13.2 Å². The van der Waals surface area contributed by atoms with Gasteiger partial charge in [0.1, 0.15) is 0 Å². The van der Waals surface area contributed by atoms with Crippen LogP contribution in [0.15, 0.2) is 59.5 Å². The summed E-state index contributed by atoms with van der Waals surface area (Å²) in [7, 11) is -3.57. The minimum absolute atomic E-state index is 0.0260. The van der Waals surface area contributed by atoms with Gasteiger partial charge in [0.15, 0.2) is 0 Å². The third kappa shape index (κ3) is 5.78. The van der Waals surface area contributed by atoms with Crippen LogP contribution in [0.1, 0.15) is 12.0 Å². The average molecular weight is 422 g/mol. The van der Waals surface area contributed by atoms with Crippen molar-refractivity contribution < 1.29 is 13.2 Å². The monoisotopic (exact) mass is 421 g/mol. The Morgan fingerprint density at radius 2 is 1.61 bits per heavy atom. The van der Waals surface area contributed by atoms with Gasteiger partial charge in [-0.05, 0) is 29.8 Å². The van der Waals surface area contributed by atoms with Crippen LogP contribution in [0, 0.1) is 0 Å². The van der Waals surface area contributed by atoms with E-state index in [0.29, 0.717) is 13.1 Å². The van der Waals surface area contributed by atoms with Gasteiger partial charge in [-0.15, -0.1) is 0 Å². The fraction of sp³-hybridized carbons (Fsp3) is 0.350. The highest BCUT2D eigenvalue weighted by atomic mass is 35.5. The van der Waals surface area contributed by atoms with Crippen LogP contribution in [0.5, 0.6) is 0 Å². The second-order valence-electron chi connectivity index (χ2n) is 6.74. The van der Waals surface area contributed by atoms with Crippen LogP contribution in [-0.2, 0) is 21.4 Å². The maximum absolute atomic E-state index is 12.4. The normalized spacial score (nSPS) is 15.5. The summed E-state index contributed by atoms with van der Waals surface area (Å²) in [6, 6.07) is 16.0. The molecular weight excluding hydrogens is 398 g/mol. The summed E-state index contributed by atoms with van der Waals surface area (Å²) in [5, 5.41) is 0.724. The van der Waals surface area contributed by atoms with E-state index in [-0.39, 0.29) is 23.8 Å². The van der Waals surface area contributed by atoms with Crippen molar-refractivity contribution in [2.24, 2.45) is 0 Å². The summed E-state index contributed by atoms with van der Waals surface area (Å²) in [4.78, 5) is 16.7. The van der Waals surface area contributed by atoms with Gasteiger partial charge in [0.05, 0.1) is 4.90 Å². The number of halogens is 1. The Morgan fingerprint density at radius 3 is 2.25 bits per heavy atom. The number of amides is 1. The van der Waals surface area contributed by atoms with Crippen molar-refractivity contribution in [2.75, 3.05) is 32.7 Å². The first-order valence-electron chi connectivity index (χ1n) is 9.23. The van der Waals surface area contributed by atoms with Crippen molar-refractivity contribution in [1.82, 2.24) is 14.5 Å². The first-order chi connectivity index (χ1) is 13.4. The van der Waals surface area contributed by atoms with E-state index in [1.165, 1.54) is 17.7 Å². The van der Waals surface area contributed by atoms with Crippen LogP contribution in [0.3, 0.4) is 0 Å². The molecular formula is C20H24ClN3O3S. The lowest BCUT2D eigenvalue weighted by atomic mass is 10.2. The van der Waals surface area contributed by atoms with Crippen molar-refractivity contribution in [3.05, 3.63) is 65.2 Å². The van der Waals surface area contributed by atoms with Crippen LogP contribution in [0.25, 0.3) is 0 Å². The molecule has 2 aromatic rings. The molecule has 1 aliphatic heterocycles. The molecule has 1 N–H and O–H groups in total. The molecule has 2 aromatic carbocycles. The molecule has 28 heavy (non-hydrogen) atoms. The van der Waals surface area contributed by atoms with Gasteiger partial charge in [-0.1, -0.05) is 41.9 Å². The quantitative estimate of drug-likeness (QED) is 0.745. The Labute approximate surface area is 171 Å². The molecule has 0 spiro atoms. The number of piperazine rings is 1. The molecule has 8 heteroatoms. The van der Waals surface area contributed by atoms with Crippen molar-refractivity contribution in [2.45, 2.75) is 17.9 Å². The summed E-state index contributed by atoms with van der Waals surface area (Å²) in [6.07, 6.45) is 0.156. The molecule has 1 heterocycles. The van der Waals surface area contributed by atoms with Gasteiger partial charge in [0, 0.05) is 50.7 Å². The number of carbonyl (C=O) groups excluding carboxylic acids is 1. The second kappa shape index (κ2) is 9.52. The van der Waals surface area contributed by atoms with Crippen molar-refractivity contribution in [3.8, 4) is 0 Å². The predicted octanol–water partition coefficient (Wildman–Crippen LogP) is 2.35. The molecule has 0 bridgehead atoms. The third-order valence-corrected chi connectivity index (χ3v) is 6.46. The van der Waals surface area contributed by atoms with E-state index in [4.69, 9.17) is 11.6 Å². The van der Waals surface area contributed by atoms with Crippen LogP contribution in [0.2, 0.25) is 5.02 Å². The van der Waals surface area contributed by atoms with Gasteiger partial charge >= 0.3 is 0 Å². The molecule has 3 rings (SSSR count). The Balaban J connectivity index is 1.41. The molecule has 0 aromatic heterocycles. The lowest BCUT2D eigenvalue weighted by Gasteiger charge is -2.34. The van der Waals surface area contributed by atoms with E-state index in [0.717, 1.165) is 24.7 Å². The summed E-state index contributed by atoms with van der Waals surface area (Å²) in [5.74, 6) is -0.0260. The van der Waals surface area contributed by atoms with Gasteiger partial charge in [-0.2, -0.15) is 0 Å². The van der Waals surface area contributed by atoms with Gasteiger partial charge in [0.25, 0.3) is 0 Å². The number of hydrogen-bond acceptors (Lipinski definition) is 4. The summed E-state index contributed by atoms with van der Waals surface area (Å²) < 4.78 is 26.8. The molecule has 0 unspecified atom stereocenters. The number of nitrogens with zero attached hydrogens (tertiary/aromatic N) is 2. The number of benzene rings is 2. The lowest BCUT2D eigenvalue weighted by Crippen LogP contribution is -2.48. The van der Waals surface area contributed by atoms with Crippen LogP contribution < -0.4 is 4.72 Å². The maximum atomic E-state index is 12.4. The zero-order valence-electron chi connectivity index (χ0n) is 15.6. The van der Waals surface area contributed by atoms with Crippen molar-refractivity contribution >= 4 is 27.5 Å². The molecule has 0 radical (unpaired) electrons. The van der Waals surface area contributed by atoms with Gasteiger partial charge < -0.3 is 4.90 Å². The Bertz CT molecular complexity index is 881. The molecule has 150 valence electrons. The highest BCUT2D eigenvalue weighted by Crippen LogP contribution is 2.13. The largest absolute Gasteiger partial charge is 0.340 e. The zero-order valence-corrected chi connectivity index (χ0v) is 17.1. The number of carbonyl (C=O) groups is 1. The topological polar surface area (TPSA) is 69.7 Å². The number of sulfonamides is 1. The highest BCUT2D eigenvalue weighted by molar-refractivity contribution is 7.89. The average Bonchev–Trinajstić information content (AvgIpc) is 2.71. The zero-order chi connectivity index (χ0) is 20.0. The van der Waals surface area contributed by atoms with E-state index >= 15 is 0 Å². The molecule has 0 aliphatic carbocycles. The van der Waals surface area contributed by atoms with E-state index < -0.39 is 10.0 Å². The third-order valence-electron chi connectivity index (χ3n) is 4.73. The number of rotatable bonds is 7. The van der Waals surface area contributed by atoms with Crippen LogP contribution in [0.4, 0.5) is 0 Å². The van der Waals surface area contributed by atoms with E-state index in [1.54, 1.807) is 23.1 Å². The number of nitrogens with one attached hydrogen (secondary N) is 1. The molecule has 1 fully saturated rings. The maximum Gasteiger partial charge on any atom is 0.240 e. The Morgan fingerprint density at radius 1 is 0.964 bits per heavy atom. The van der Waals surface area contributed by atoms with Gasteiger partial charge in [0.2, 0.25) is 15.9 Å². The summed E-state index contributed by atoms with van der Waals surface area (Å²) >= 11 is 5.91. The molecule has 0 atom stereocenters. The number of hydrogen-bond donors (Lipinski definition) is 1. The molecule has 6 nitrogen and oxygen atoms in total. The SMILES string of the molecule is O=C(CCNS(=O)(=O)c1ccccc1)N1CCN(Cc2ccc(Cl)cc2)CC1. The summed E-state index contributed by atoms with van der Waals surface area (Å²) in [5.41, 5.74) is 1.19. The van der Waals surface area contributed by atoms with E-state index in [2.05, 4.69) is 9.62 Å². The van der Waals surface area contributed by atoms with Crippen LogP contribution in [-0.4, -0.2) is 56.8 Å². The fourth-order valence-electron chi connectivity index (χ4n) is 3.14. The highest BCUT2D eigenvalue weighted by Gasteiger charge is 2.21. The summed E-state index contributed by atoms with van der Waals surface area (Å²) in [6.45, 7) is 3.82. The van der Waals surface area contributed by atoms with Crippen LogP contribution >= 0.6 is 11.6 Å². The second-order valence-corrected chi connectivity index (χ2v) is 8.95. The Hall–Kier alpha value is -1.93. The first-order valence-corrected chi connectivity index (χ1v) is 11.1. The fourth-order valence-corrected chi connectivity index (χ4v) is 4.32. The van der Waals surface area contributed by atoms with E-state index in [1.807, 2.05) is 24.3 Å². The van der Waals surface area contributed by atoms with Gasteiger partial charge in [-0.25, -0.2) is 13.1 Å². The van der Waals surface area contributed by atoms with Crippen molar-refractivity contribution in [1.29, 1.82) is 0 Å². The first kappa shape index (κ1) is 20.8. The standard InChI is InChI=1S/C20H24ClN3O3S/c21-18-8-6-17(7-9-18)16-23-12-14-24(15-13-23)20(25)10-11-22-28(26,27)19-4-2-1-3-5-19/h1-9,22H,10-16H2. The minimum atomic E-state index is -3.57. The molecule has 1 aliphatic rings. The molecule has 1 amide bonds.